The Morgan fingerprint density at radius 1 is 1.00 bits per heavy atom. The fraction of sp³-hybridized carbons (Fsp3) is 0.368. The first-order valence-electron chi connectivity index (χ1n) is 7.94. The molecule has 0 bridgehead atoms. The van der Waals surface area contributed by atoms with Crippen molar-refractivity contribution in [2.24, 2.45) is 5.92 Å². The second-order valence-corrected chi connectivity index (χ2v) is 5.86. The summed E-state index contributed by atoms with van der Waals surface area (Å²) in [6, 6.07) is 17.0. The summed E-state index contributed by atoms with van der Waals surface area (Å²) in [5, 5.41) is 3.40. The van der Waals surface area contributed by atoms with E-state index in [9.17, 15) is 4.39 Å². The molecule has 2 aromatic rings. The van der Waals surface area contributed by atoms with Crippen LogP contribution in [-0.4, -0.2) is 13.1 Å². The standard InChI is InChI=1S/C19H22FNO/c20-18-8-6-15(7-9-18)14-22-19(16-4-2-1-3-5-16)17-10-12-21-13-11-17/h1-9,17,19,21H,10-14H2. The summed E-state index contributed by atoms with van der Waals surface area (Å²) in [4.78, 5) is 0. The maximum Gasteiger partial charge on any atom is 0.123 e. The van der Waals surface area contributed by atoms with Gasteiger partial charge in [-0.25, -0.2) is 4.39 Å². The highest BCUT2D eigenvalue weighted by Gasteiger charge is 2.25. The molecule has 116 valence electrons. The molecule has 1 saturated heterocycles. The lowest BCUT2D eigenvalue weighted by atomic mass is 9.88. The largest absolute Gasteiger partial charge is 0.369 e. The number of halogens is 1. The van der Waals surface area contributed by atoms with Crippen LogP contribution in [0.1, 0.15) is 30.1 Å². The number of rotatable bonds is 5. The number of hydrogen-bond donors (Lipinski definition) is 1. The molecule has 1 aliphatic rings. The van der Waals surface area contributed by atoms with Crippen molar-refractivity contribution in [3.05, 3.63) is 71.5 Å². The van der Waals surface area contributed by atoms with Gasteiger partial charge < -0.3 is 10.1 Å². The lowest BCUT2D eigenvalue weighted by Crippen LogP contribution is -2.31. The van der Waals surface area contributed by atoms with Gasteiger partial charge in [0, 0.05) is 0 Å². The molecule has 3 rings (SSSR count). The van der Waals surface area contributed by atoms with Crippen LogP contribution in [0.3, 0.4) is 0 Å². The van der Waals surface area contributed by atoms with Crippen LogP contribution in [0.5, 0.6) is 0 Å². The molecule has 1 unspecified atom stereocenters. The van der Waals surface area contributed by atoms with E-state index in [0.29, 0.717) is 12.5 Å². The number of hydrogen-bond acceptors (Lipinski definition) is 2. The molecule has 1 N–H and O–H groups in total. The van der Waals surface area contributed by atoms with Gasteiger partial charge in [0.2, 0.25) is 0 Å². The molecule has 2 aromatic carbocycles. The second kappa shape index (κ2) is 7.52. The van der Waals surface area contributed by atoms with Crippen LogP contribution in [0, 0.1) is 11.7 Å². The van der Waals surface area contributed by atoms with E-state index in [2.05, 4.69) is 29.6 Å². The molecule has 0 saturated carbocycles. The highest BCUT2D eigenvalue weighted by atomic mass is 19.1. The molecule has 1 atom stereocenters. The van der Waals surface area contributed by atoms with Gasteiger partial charge in [0.15, 0.2) is 0 Å². The summed E-state index contributed by atoms with van der Waals surface area (Å²) >= 11 is 0. The Labute approximate surface area is 131 Å². The monoisotopic (exact) mass is 299 g/mol. The molecule has 1 aliphatic heterocycles. The van der Waals surface area contributed by atoms with Gasteiger partial charge in [-0.3, -0.25) is 0 Å². The van der Waals surface area contributed by atoms with E-state index in [4.69, 9.17) is 4.74 Å². The van der Waals surface area contributed by atoms with Crippen molar-refractivity contribution in [3.8, 4) is 0 Å². The highest BCUT2D eigenvalue weighted by Crippen LogP contribution is 2.32. The molecule has 0 spiro atoms. The fourth-order valence-corrected chi connectivity index (χ4v) is 3.06. The van der Waals surface area contributed by atoms with Gasteiger partial charge >= 0.3 is 0 Å². The molecule has 0 aliphatic carbocycles. The first-order chi connectivity index (χ1) is 10.8. The minimum atomic E-state index is -0.207. The van der Waals surface area contributed by atoms with Crippen molar-refractivity contribution in [3.63, 3.8) is 0 Å². The van der Waals surface area contributed by atoms with E-state index >= 15 is 0 Å². The quantitative estimate of drug-likeness (QED) is 0.898. The van der Waals surface area contributed by atoms with Crippen LogP contribution in [0.2, 0.25) is 0 Å². The molecule has 1 fully saturated rings. The van der Waals surface area contributed by atoms with Crippen molar-refractivity contribution in [2.45, 2.75) is 25.6 Å². The zero-order valence-corrected chi connectivity index (χ0v) is 12.7. The summed E-state index contributed by atoms with van der Waals surface area (Å²) in [6.45, 7) is 2.62. The van der Waals surface area contributed by atoms with Crippen LogP contribution in [0.4, 0.5) is 4.39 Å². The van der Waals surface area contributed by atoms with Crippen molar-refractivity contribution < 1.29 is 9.13 Å². The van der Waals surface area contributed by atoms with Crippen molar-refractivity contribution >= 4 is 0 Å². The minimum absolute atomic E-state index is 0.105. The Balaban J connectivity index is 1.72. The third-order valence-electron chi connectivity index (χ3n) is 4.28. The van der Waals surface area contributed by atoms with Gasteiger partial charge in [-0.1, -0.05) is 42.5 Å². The van der Waals surface area contributed by atoms with Crippen LogP contribution in [0.25, 0.3) is 0 Å². The van der Waals surface area contributed by atoms with Gasteiger partial charge in [0.25, 0.3) is 0 Å². The van der Waals surface area contributed by atoms with Gasteiger partial charge in [-0.2, -0.15) is 0 Å². The first kappa shape index (κ1) is 15.2. The predicted molar refractivity (Wildman–Crippen MR) is 86.0 cm³/mol. The number of ether oxygens (including phenoxy) is 1. The van der Waals surface area contributed by atoms with E-state index in [-0.39, 0.29) is 11.9 Å². The van der Waals surface area contributed by atoms with Crippen molar-refractivity contribution in [1.29, 1.82) is 0 Å². The molecular formula is C19H22FNO. The van der Waals surface area contributed by atoms with Crippen molar-refractivity contribution in [1.82, 2.24) is 5.32 Å². The van der Waals surface area contributed by atoms with E-state index in [0.717, 1.165) is 31.5 Å². The van der Waals surface area contributed by atoms with Gasteiger partial charge in [0.05, 0.1) is 12.7 Å². The van der Waals surface area contributed by atoms with E-state index in [1.807, 2.05) is 6.07 Å². The molecule has 0 aromatic heterocycles. The van der Waals surface area contributed by atoms with Crippen molar-refractivity contribution in [2.75, 3.05) is 13.1 Å². The number of nitrogens with one attached hydrogen (secondary N) is 1. The number of piperidine rings is 1. The average molecular weight is 299 g/mol. The van der Waals surface area contributed by atoms with E-state index in [1.54, 1.807) is 12.1 Å². The summed E-state index contributed by atoms with van der Waals surface area (Å²) < 4.78 is 19.2. The third kappa shape index (κ3) is 3.93. The molecule has 0 amide bonds. The fourth-order valence-electron chi connectivity index (χ4n) is 3.06. The summed E-state index contributed by atoms with van der Waals surface area (Å²) in [5.41, 5.74) is 2.24. The maximum absolute atomic E-state index is 13.0. The lowest BCUT2D eigenvalue weighted by Gasteiger charge is -2.31. The Hall–Kier alpha value is -1.71. The maximum atomic E-state index is 13.0. The SMILES string of the molecule is Fc1ccc(COC(c2ccccc2)C2CCNCC2)cc1. The van der Waals surface area contributed by atoms with Crippen LogP contribution in [-0.2, 0) is 11.3 Å². The number of benzene rings is 2. The molecule has 1 heterocycles. The van der Waals surface area contributed by atoms with Crippen LogP contribution >= 0.6 is 0 Å². The third-order valence-corrected chi connectivity index (χ3v) is 4.28. The molecule has 2 nitrogen and oxygen atoms in total. The minimum Gasteiger partial charge on any atom is -0.369 e. The predicted octanol–water partition coefficient (Wildman–Crippen LogP) is 4.08. The van der Waals surface area contributed by atoms with Crippen LogP contribution in [0.15, 0.2) is 54.6 Å². The molecule has 0 radical (unpaired) electrons. The van der Waals surface area contributed by atoms with Gasteiger partial charge in [0.1, 0.15) is 5.82 Å². The summed E-state index contributed by atoms with van der Waals surface area (Å²) in [6.07, 6.45) is 2.36. The summed E-state index contributed by atoms with van der Waals surface area (Å²) in [7, 11) is 0. The Morgan fingerprint density at radius 2 is 1.68 bits per heavy atom. The first-order valence-corrected chi connectivity index (χ1v) is 7.94. The van der Waals surface area contributed by atoms with Crippen LogP contribution < -0.4 is 5.32 Å². The van der Waals surface area contributed by atoms with Gasteiger partial charge in [-0.05, 0) is 55.1 Å². The second-order valence-electron chi connectivity index (χ2n) is 5.86. The molecule has 3 heteroatoms. The highest BCUT2D eigenvalue weighted by molar-refractivity contribution is 5.19. The topological polar surface area (TPSA) is 21.3 Å². The normalized spacial score (nSPS) is 17.3. The van der Waals surface area contributed by atoms with E-state index in [1.165, 1.54) is 17.7 Å². The smallest absolute Gasteiger partial charge is 0.123 e. The Morgan fingerprint density at radius 3 is 2.36 bits per heavy atom. The summed E-state index contributed by atoms with van der Waals surface area (Å²) in [5.74, 6) is 0.325. The van der Waals surface area contributed by atoms with E-state index < -0.39 is 0 Å². The Bertz CT molecular complexity index is 564. The molecule has 22 heavy (non-hydrogen) atoms. The average Bonchev–Trinajstić information content (AvgIpc) is 2.59. The zero-order chi connectivity index (χ0) is 15.2. The molecular weight excluding hydrogens is 277 g/mol. The van der Waals surface area contributed by atoms with Gasteiger partial charge in [-0.15, -0.1) is 0 Å². The lowest BCUT2D eigenvalue weighted by molar-refractivity contribution is -0.0102. The zero-order valence-electron chi connectivity index (χ0n) is 12.7. The Kier molecular flexibility index (Phi) is 5.20.